The molecular formula is C15H15FN4O2. The third-order valence-corrected chi connectivity index (χ3v) is 3.60. The normalized spacial score (nSPS) is 13.5. The van der Waals surface area contributed by atoms with E-state index in [9.17, 15) is 14.0 Å². The van der Waals surface area contributed by atoms with Gasteiger partial charge in [-0.3, -0.25) is 14.3 Å². The van der Waals surface area contributed by atoms with Crippen molar-refractivity contribution in [2.45, 2.75) is 13.0 Å². The number of halogens is 1. The molecule has 2 N–H and O–H groups in total. The Hall–Kier alpha value is -2.70. The summed E-state index contributed by atoms with van der Waals surface area (Å²) < 4.78 is 14.3. The average Bonchev–Trinajstić information content (AvgIpc) is 2.85. The Morgan fingerprint density at radius 2 is 2.14 bits per heavy atom. The van der Waals surface area contributed by atoms with Crippen molar-refractivity contribution >= 4 is 11.8 Å². The van der Waals surface area contributed by atoms with Gasteiger partial charge in [0.15, 0.2) is 5.69 Å². The molecule has 0 saturated heterocycles. The largest absolute Gasteiger partial charge is 0.350 e. The van der Waals surface area contributed by atoms with Gasteiger partial charge in [-0.05, 0) is 24.1 Å². The molecule has 2 amide bonds. The van der Waals surface area contributed by atoms with Gasteiger partial charge < -0.3 is 10.6 Å². The first-order chi connectivity index (χ1) is 10.6. The van der Waals surface area contributed by atoms with E-state index in [1.54, 1.807) is 19.2 Å². The van der Waals surface area contributed by atoms with Crippen molar-refractivity contribution < 1.29 is 14.0 Å². The van der Waals surface area contributed by atoms with Gasteiger partial charge in [0.25, 0.3) is 11.8 Å². The first-order valence-electron chi connectivity index (χ1n) is 6.93. The summed E-state index contributed by atoms with van der Waals surface area (Å²) in [5.74, 6) is -0.871. The fourth-order valence-corrected chi connectivity index (χ4v) is 2.52. The second-order valence-corrected chi connectivity index (χ2v) is 5.11. The Labute approximate surface area is 126 Å². The van der Waals surface area contributed by atoms with E-state index in [0.717, 1.165) is 5.56 Å². The number of aromatic nitrogens is 2. The molecule has 3 rings (SSSR count). The SMILES string of the molecule is Cn1nc(C(=O)NCc2ccc(F)cc2)c2c1C(=O)NCC2. The van der Waals surface area contributed by atoms with E-state index in [1.165, 1.54) is 16.8 Å². The highest BCUT2D eigenvalue weighted by molar-refractivity contribution is 6.01. The second kappa shape index (κ2) is 5.59. The molecule has 114 valence electrons. The van der Waals surface area contributed by atoms with Gasteiger partial charge >= 0.3 is 0 Å². The number of rotatable bonds is 3. The molecule has 0 unspecified atom stereocenters. The Morgan fingerprint density at radius 1 is 1.41 bits per heavy atom. The van der Waals surface area contributed by atoms with Crippen LogP contribution >= 0.6 is 0 Å². The van der Waals surface area contributed by atoms with Gasteiger partial charge in [0.2, 0.25) is 0 Å². The second-order valence-electron chi connectivity index (χ2n) is 5.11. The van der Waals surface area contributed by atoms with Gasteiger partial charge in [-0.1, -0.05) is 12.1 Å². The van der Waals surface area contributed by atoms with Crippen LogP contribution in [0.4, 0.5) is 4.39 Å². The lowest BCUT2D eigenvalue weighted by atomic mass is 10.0. The van der Waals surface area contributed by atoms with Gasteiger partial charge in [0, 0.05) is 25.7 Å². The fourth-order valence-electron chi connectivity index (χ4n) is 2.52. The number of benzene rings is 1. The van der Waals surface area contributed by atoms with Crippen LogP contribution in [0.15, 0.2) is 24.3 Å². The number of hydrogen-bond acceptors (Lipinski definition) is 3. The highest BCUT2D eigenvalue weighted by atomic mass is 19.1. The van der Waals surface area contributed by atoms with Crippen molar-refractivity contribution in [1.29, 1.82) is 0 Å². The lowest BCUT2D eigenvalue weighted by Gasteiger charge is -2.13. The lowest BCUT2D eigenvalue weighted by molar-refractivity contribution is 0.0935. The zero-order chi connectivity index (χ0) is 15.7. The highest BCUT2D eigenvalue weighted by Gasteiger charge is 2.28. The van der Waals surface area contributed by atoms with E-state index in [-0.39, 0.29) is 29.9 Å². The van der Waals surface area contributed by atoms with Crippen molar-refractivity contribution in [3.63, 3.8) is 0 Å². The molecule has 1 aliphatic rings. The molecule has 0 fully saturated rings. The van der Waals surface area contributed by atoms with Gasteiger partial charge in [0.1, 0.15) is 11.5 Å². The van der Waals surface area contributed by atoms with Crippen LogP contribution in [0.3, 0.4) is 0 Å². The molecule has 0 aliphatic carbocycles. The molecule has 1 aliphatic heterocycles. The van der Waals surface area contributed by atoms with Gasteiger partial charge in [-0.2, -0.15) is 5.10 Å². The summed E-state index contributed by atoms with van der Waals surface area (Å²) in [4.78, 5) is 24.1. The average molecular weight is 302 g/mol. The standard InChI is InChI=1S/C15H15FN4O2/c1-20-13-11(6-7-17-15(13)22)12(19-20)14(21)18-8-9-2-4-10(16)5-3-9/h2-5H,6-8H2,1H3,(H,17,22)(H,18,21). The molecule has 0 saturated carbocycles. The molecule has 7 heteroatoms. The number of amides is 2. The summed E-state index contributed by atoms with van der Waals surface area (Å²) >= 11 is 0. The van der Waals surface area contributed by atoms with E-state index in [4.69, 9.17) is 0 Å². The smallest absolute Gasteiger partial charge is 0.272 e. The minimum Gasteiger partial charge on any atom is -0.350 e. The third-order valence-electron chi connectivity index (χ3n) is 3.60. The number of nitrogens with one attached hydrogen (secondary N) is 2. The number of carbonyl (C=O) groups excluding carboxylic acids is 2. The Balaban J connectivity index is 1.77. The van der Waals surface area contributed by atoms with Crippen LogP contribution in [0.5, 0.6) is 0 Å². The summed E-state index contributed by atoms with van der Waals surface area (Å²) in [5, 5.41) is 9.62. The van der Waals surface area contributed by atoms with Crippen molar-refractivity contribution in [2.24, 2.45) is 7.05 Å². The van der Waals surface area contributed by atoms with Crippen LogP contribution in [0.1, 0.15) is 32.1 Å². The van der Waals surface area contributed by atoms with E-state index >= 15 is 0 Å². The third kappa shape index (κ3) is 2.57. The van der Waals surface area contributed by atoms with Crippen LogP contribution in [-0.4, -0.2) is 28.1 Å². The van der Waals surface area contributed by atoms with Gasteiger partial charge in [-0.15, -0.1) is 0 Å². The number of fused-ring (bicyclic) bond motifs is 1. The Morgan fingerprint density at radius 3 is 2.86 bits per heavy atom. The van der Waals surface area contributed by atoms with Crippen molar-refractivity contribution in [1.82, 2.24) is 20.4 Å². The van der Waals surface area contributed by atoms with Crippen molar-refractivity contribution in [3.8, 4) is 0 Å². The van der Waals surface area contributed by atoms with Gasteiger partial charge in [0.05, 0.1) is 0 Å². The zero-order valence-corrected chi connectivity index (χ0v) is 12.0. The number of nitrogens with zero attached hydrogens (tertiary/aromatic N) is 2. The Kier molecular flexibility index (Phi) is 3.62. The number of carbonyl (C=O) groups is 2. The first-order valence-corrected chi connectivity index (χ1v) is 6.93. The molecule has 2 aromatic rings. The van der Waals surface area contributed by atoms with Crippen LogP contribution in [-0.2, 0) is 20.0 Å². The van der Waals surface area contributed by atoms with Crippen LogP contribution in [0.2, 0.25) is 0 Å². The fraction of sp³-hybridized carbons (Fsp3) is 0.267. The number of aryl methyl sites for hydroxylation is 1. The summed E-state index contributed by atoms with van der Waals surface area (Å²) in [6.07, 6.45) is 0.578. The molecule has 0 spiro atoms. The monoisotopic (exact) mass is 302 g/mol. The molecule has 1 aromatic carbocycles. The van der Waals surface area contributed by atoms with Gasteiger partial charge in [-0.25, -0.2) is 4.39 Å². The molecule has 1 aromatic heterocycles. The molecular weight excluding hydrogens is 287 g/mol. The minimum absolute atomic E-state index is 0.214. The summed E-state index contributed by atoms with van der Waals surface area (Å²) in [6, 6.07) is 5.90. The van der Waals surface area contributed by atoms with E-state index in [0.29, 0.717) is 24.2 Å². The predicted molar refractivity (Wildman–Crippen MR) is 76.8 cm³/mol. The van der Waals surface area contributed by atoms with Crippen LogP contribution in [0.25, 0.3) is 0 Å². The maximum absolute atomic E-state index is 12.8. The quantitative estimate of drug-likeness (QED) is 0.879. The predicted octanol–water partition coefficient (Wildman–Crippen LogP) is 0.775. The maximum atomic E-state index is 12.8. The molecule has 22 heavy (non-hydrogen) atoms. The zero-order valence-electron chi connectivity index (χ0n) is 12.0. The van der Waals surface area contributed by atoms with E-state index < -0.39 is 0 Å². The van der Waals surface area contributed by atoms with E-state index in [1.807, 2.05) is 0 Å². The van der Waals surface area contributed by atoms with Crippen LogP contribution in [0, 0.1) is 5.82 Å². The summed E-state index contributed by atoms with van der Waals surface area (Å²) in [5.41, 5.74) is 2.16. The number of hydrogen-bond donors (Lipinski definition) is 2. The topological polar surface area (TPSA) is 76.0 Å². The molecule has 0 bridgehead atoms. The summed E-state index contributed by atoms with van der Waals surface area (Å²) in [7, 11) is 1.64. The molecule has 6 nitrogen and oxygen atoms in total. The summed E-state index contributed by atoms with van der Waals surface area (Å²) in [6.45, 7) is 0.770. The molecule has 0 atom stereocenters. The van der Waals surface area contributed by atoms with Crippen molar-refractivity contribution in [2.75, 3.05) is 6.54 Å². The maximum Gasteiger partial charge on any atom is 0.272 e. The highest BCUT2D eigenvalue weighted by Crippen LogP contribution is 2.17. The lowest BCUT2D eigenvalue weighted by Crippen LogP contribution is -2.34. The van der Waals surface area contributed by atoms with Crippen molar-refractivity contribution in [3.05, 3.63) is 52.6 Å². The first kappa shape index (κ1) is 14.2. The minimum atomic E-state index is -0.337. The van der Waals surface area contributed by atoms with Crippen LogP contribution < -0.4 is 10.6 Å². The molecule has 0 radical (unpaired) electrons. The van der Waals surface area contributed by atoms with E-state index in [2.05, 4.69) is 15.7 Å². The Bertz CT molecular complexity index is 737. The molecule has 2 heterocycles.